The van der Waals surface area contributed by atoms with E-state index in [1.165, 1.54) is 22.3 Å². The van der Waals surface area contributed by atoms with Gasteiger partial charge in [0.05, 0.1) is 10.9 Å². The lowest BCUT2D eigenvalue weighted by atomic mass is 10.1. The highest BCUT2D eigenvalue weighted by Gasteiger charge is 2.37. The lowest BCUT2D eigenvalue weighted by Gasteiger charge is -2.34. The van der Waals surface area contributed by atoms with Crippen LogP contribution in [0.25, 0.3) is 6.08 Å². The van der Waals surface area contributed by atoms with Crippen LogP contribution in [0.1, 0.15) is 43.9 Å². The first-order chi connectivity index (χ1) is 19.1. The fourth-order valence-corrected chi connectivity index (χ4v) is 7.73. The van der Waals surface area contributed by atoms with Crippen LogP contribution >= 0.6 is 22.9 Å². The molecule has 222 valence electrons. The molecule has 3 atom stereocenters. The first-order valence-electron chi connectivity index (χ1n) is 13.8. The highest BCUT2D eigenvalue weighted by molar-refractivity contribution is 7.92. The van der Waals surface area contributed by atoms with Gasteiger partial charge in [0, 0.05) is 68.7 Å². The van der Waals surface area contributed by atoms with Crippen molar-refractivity contribution < 1.29 is 22.8 Å². The molecule has 4 amide bonds. The predicted octanol–water partition coefficient (Wildman–Crippen LogP) is 2.01. The molecule has 2 N–H and O–H groups in total. The lowest BCUT2D eigenvalue weighted by molar-refractivity contribution is -0.143. The van der Waals surface area contributed by atoms with E-state index in [-0.39, 0.29) is 36.5 Å². The minimum Gasteiger partial charge on any atom is -0.338 e. The van der Waals surface area contributed by atoms with Crippen molar-refractivity contribution in [1.29, 1.82) is 0 Å². The average Bonchev–Trinajstić information content (AvgIpc) is 3.67. The number of likely N-dealkylation sites (tertiary alicyclic amines) is 3. The number of halogens is 1. The molecule has 11 nitrogen and oxygen atoms in total. The van der Waals surface area contributed by atoms with Crippen LogP contribution in [-0.2, 0) is 19.6 Å². The molecule has 4 heterocycles. The molecule has 40 heavy (non-hydrogen) atoms. The van der Waals surface area contributed by atoms with Crippen LogP contribution in [0.3, 0.4) is 0 Å². The zero-order valence-corrected chi connectivity index (χ0v) is 25.4. The Hall–Kier alpha value is -2.19. The van der Waals surface area contributed by atoms with E-state index in [0.717, 1.165) is 44.3 Å². The third kappa shape index (κ3) is 7.96. The molecule has 3 fully saturated rings. The summed E-state index contributed by atoms with van der Waals surface area (Å²) in [6.45, 7) is 5.88. The van der Waals surface area contributed by atoms with Gasteiger partial charge in [0.1, 0.15) is 6.04 Å². The van der Waals surface area contributed by atoms with Gasteiger partial charge in [0.25, 0.3) is 0 Å². The predicted molar refractivity (Wildman–Crippen MR) is 156 cm³/mol. The lowest BCUT2D eigenvalue weighted by Crippen LogP contribution is -2.55. The first-order valence-corrected chi connectivity index (χ1v) is 16.6. The summed E-state index contributed by atoms with van der Waals surface area (Å²) >= 11 is 7.16. The van der Waals surface area contributed by atoms with Crippen LogP contribution in [0.15, 0.2) is 17.5 Å². The second kappa shape index (κ2) is 13.6. The van der Waals surface area contributed by atoms with Gasteiger partial charge in [-0.2, -0.15) is 4.72 Å². The summed E-state index contributed by atoms with van der Waals surface area (Å²) in [4.78, 5) is 46.8. The van der Waals surface area contributed by atoms with Crippen LogP contribution in [-0.4, -0.2) is 117 Å². The van der Waals surface area contributed by atoms with E-state index in [0.29, 0.717) is 41.7 Å². The molecule has 1 unspecified atom stereocenters. The number of sulfonamides is 1. The number of thiophene rings is 1. The van der Waals surface area contributed by atoms with Gasteiger partial charge >= 0.3 is 6.03 Å². The third-order valence-corrected chi connectivity index (χ3v) is 10.1. The summed E-state index contributed by atoms with van der Waals surface area (Å²) in [7, 11) is -2.03. The number of nitrogens with zero attached hydrogens (tertiary/aromatic N) is 4. The van der Waals surface area contributed by atoms with Crippen LogP contribution in [0.2, 0.25) is 4.34 Å². The molecule has 1 aromatic rings. The molecule has 0 spiro atoms. The standard InChI is InChI=1S/C26H39ClN6O5S2/c1-3-28-26(36)30(2)19-10-14-31(16-19)17-20-6-4-13-33(20)24(34)18-32-12-5-7-22(25(32)35)29-40(37,38)15-11-21-8-9-23(27)39-21/h8-9,11,15,19-20,22,29H,3-7,10,12-14,16-18H2,1-2H3,(H,28,36)/b15-11+/t19?,20-,22-/m0/s1. The fraction of sp³-hybridized carbons (Fsp3) is 0.654. The van der Waals surface area contributed by atoms with Crippen LogP contribution < -0.4 is 10.0 Å². The maximum Gasteiger partial charge on any atom is 0.317 e. The minimum absolute atomic E-state index is 0.0559. The Morgan fingerprint density at radius 2 is 1.95 bits per heavy atom. The zero-order valence-electron chi connectivity index (χ0n) is 23.1. The largest absolute Gasteiger partial charge is 0.338 e. The first kappa shape index (κ1) is 30.8. The van der Waals surface area contributed by atoms with Gasteiger partial charge in [-0.1, -0.05) is 11.6 Å². The number of urea groups is 1. The Kier molecular flexibility index (Phi) is 10.5. The Bertz CT molecular complexity index is 1210. The second-order valence-corrected chi connectivity index (χ2v) is 13.9. The Balaban J connectivity index is 1.29. The van der Waals surface area contributed by atoms with Gasteiger partial charge in [-0.15, -0.1) is 11.3 Å². The summed E-state index contributed by atoms with van der Waals surface area (Å²) in [5.74, 6) is -0.480. The van der Waals surface area contributed by atoms with E-state index in [4.69, 9.17) is 11.6 Å². The Morgan fingerprint density at radius 1 is 1.18 bits per heavy atom. The minimum atomic E-state index is -3.86. The van der Waals surface area contributed by atoms with Gasteiger partial charge in [-0.3, -0.25) is 14.5 Å². The summed E-state index contributed by atoms with van der Waals surface area (Å²) in [5.41, 5.74) is 0. The highest BCUT2D eigenvalue weighted by atomic mass is 35.5. The molecular weight excluding hydrogens is 576 g/mol. The van der Waals surface area contributed by atoms with Crippen molar-refractivity contribution in [3.8, 4) is 0 Å². The normalized spacial score (nSPS) is 24.3. The fourth-order valence-electron chi connectivity index (χ4n) is 5.66. The van der Waals surface area contributed by atoms with Crippen molar-refractivity contribution >= 4 is 56.9 Å². The molecule has 0 aliphatic carbocycles. The van der Waals surface area contributed by atoms with Gasteiger partial charge in [-0.25, -0.2) is 13.2 Å². The number of piperidine rings is 1. The van der Waals surface area contributed by atoms with Crippen molar-refractivity contribution in [3.05, 3.63) is 26.8 Å². The summed E-state index contributed by atoms with van der Waals surface area (Å²) in [5, 5.41) is 3.88. The number of carbonyl (C=O) groups is 3. The number of amides is 4. The quantitative estimate of drug-likeness (QED) is 0.416. The topological polar surface area (TPSA) is 122 Å². The van der Waals surface area contributed by atoms with Gasteiger partial charge in [-0.05, 0) is 57.2 Å². The Morgan fingerprint density at radius 3 is 2.67 bits per heavy atom. The monoisotopic (exact) mass is 614 g/mol. The average molecular weight is 615 g/mol. The van der Waals surface area contributed by atoms with E-state index >= 15 is 0 Å². The van der Waals surface area contributed by atoms with E-state index in [1.807, 2.05) is 18.9 Å². The van der Waals surface area contributed by atoms with Crippen LogP contribution in [0.5, 0.6) is 0 Å². The maximum atomic E-state index is 13.3. The van der Waals surface area contributed by atoms with Crippen molar-refractivity contribution in [1.82, 2.24) is 29.6 Å². The summed E-state index contributed by atoms with van der Waals surface area (Å²) in [6, 6.07) is 2.64. The molecule has 3 aliphatic heterocycles. The summed E-state index contributed by atoms with van der Waals surface area (Å²) in [6.07, 6.45) is 5.14. The molecule has 0 bridgehead atoms. The number of nitrogens with one attached hydrogen (secondary N) is 2. The molecule has 3 aliphatic rings. The number of rotatable bonds is 10. The molecule has 0 aromatic carbocycles. The third-order valence-electron chi connectivity index (χ3n) is 7.78. The van der Waals surface area contributed by atoms with Crippen molar-refractivity contribution in [3.63, 3.8) is 0 Å². The van der Waals surface area contributed by atoms with Crippen molar-refractivity contribution in [2.24, 2.45) is 0 Å². The van der Waals surface area contributed by atoms with E-state index in [1.54, 1.807) is 17.0 Å². The molecular formula is C26H39ClN6O5S2. The van der Waals surface area contributed by atoms with Gasteiger partial charge in [0.15, 0.2) is 0 Å². The van der Waals surface area contributed by atoms with E-state index in [2.05, 4.69) is 14.9 Å². The van der Waals surface area contributed by atoms with Crippen molar-refractivity contribution in [2.45, 2.75) is 57.2 Å². The van der Waals surface area contributed by atoms with Gasteiger partial charge in [0.2, 0.25) is 21.8 Å². The number of likely N-dealkylation sites (N-methyl/N-ethyl adjacent to an activating group) is 1. The van der Waals surface area contributed by atoms with Gasteiger partial charge < -0.3 is 20.0 Å². The molecule has 0 radical (unpaired) electrons. The van der Waals surface area contributed by atoms with Crippen LogP contribution in [0.4, 0.5) is 4.79 Å². The molecule has 14 heteroatoms. The maximum absolute atomic E-state index is 13.3. The van der Waals surface area contributed by atoms with E-state index in [9.17, 15) is 22.8 Å². The zero-order chi connectivity index (χ0) is 28.9. The molecule has 0 saturated carbocycles. The Labute approximate surface area is 245 Å². The molecule has 1 aromatic heterocycles. The number of hydrogen-bond acceptors (Lipinski definition) is 7. The number of hydrogen-bond donors (Lipinski definition) is 2. The van der Waals surface area contributed by atoms with Crippen LogP contribution in [0, 0.1) is 0 Å². The SMILES string of the molecule is CCNC(=O)N(C)C1CCN(C[C@@H]2CCCN2C(=O)CN2CCC[C@H](NS(=O)(=O)/C=C/c3ccc(Cl)s3)C2=O)C1. The number of carbonyl (C=O) groups excluding carboxylic acids is 3. The van der Waals surface area contributed by atoms with Crippen molar-refractivity contribution in [2.75, 3.05) is 52.9 Å². The van der Waals surface area contributed by atoms with E-state index < -0.39 is 16.1 Å². The smallest absolute Gasteiger partial charge is 0.317 e. The second-order valence-electron chi connectivity index (χ2n) is 10.6. The molecule has 4 rings (SSSR count). The highest BCUT2D eigenvalue weighted by Crippen LogP contribution is 2.24. The summed E-state index contributed by atoms with van der Waals surface area (Å²) < 4.78 is 28.2. The molecule has 3 saturated heterocycles.